The van der Waals surface area contributed by atoms with E-state index in [0.717, 1.165) is 23.8 Å². The van der Waals surface area contributed by atoms with Crippen molar-refractivity contribution >= 4 is 23.2 Å². The Morgan fingerprint density at radius 3 is 2.54 bits per heavy atom. The minimum absolute atomic E-state index is 0.0146. The molecule has 1 aliphatic rings. The van der Waals surface area contributed by atoms with Gasteiger partial charge in [0.15, 0.2) is 0 Å². The molecular weight excluding hydrogens is 342 g/mol. The maximum Gasteiger partial charge on any atom is 0.229 e. The molecule has 0 spiro atoms. The van der Waals surface area contributed by atoms with Crippen LogP contribution in [0.2, 0.25) is 0 Å². The number of halogens is 2. The van der Waals surface area contributed by atoms with Gasteiger partial charge in [0.05, 0.1) is 18.7 Å². The van der Waals surface area contributed by atoms with Crippen LogP contribution in [-0.2, 0) is 9.59 Å². The quantitative estimate of drug-likeness (QED) is 0.910. The summed E-state index contributed by atoms with van der Waals surface area (Å²) < 4.78 is 31.8. The van der Waals surface area contributed by atoms with Gasteiger partial charge >= 0.3 is 0 Å². The Morgan fingerprint density at radius 2 is 1.88 bits per heavy atom. The molecule has 1 aliphatic heterocycles. The van der Waals surface area contributed by atoms with E-state index in [0.29, 0.717) is 11.4 Å². The van der Waals surface area contributed by atoms with E-state index >= 15 is 0 Å². The first-order valence-corrected chi connectivity index (χ1v) is 8.09. The maximum atomic E-state index is 13.3. The van der Waals surface area contributed by atoms with Crippen LogP contribution in [0.4, 0.5) is 20.2 Å². The van der Waals surface area contributed by atoms with Crippen molar-refractivity contribution in [3.8, 4) is 5.75 Å². The van der Waals surface area contributed by atoms with Gasteiger partial charge in [0.2, 0.25) is 11.8 Å². The minimum atomic E-state index is -0.783. The molecule has 1 N–H and O–H groups in total. The molecule has 0 radical (unpaired) electrons. The highest BCUT2D eigenvalue weighted by molar-refractivity contribution is 6.04. The Labute approximate surface area is 149 Å². The molecule has 2 amide bonds. The topological polar surface area (TPSA) is 58.6 Å². The number of hydrogen-bond acceptors (Lipinski definition) is 3. The molecule has 0 aromatic heterocycles. The second-order valence-corrected chi connectivity index (χ2v) is 6.23. The fourth-order valence-corrected chi connectivity index (χ4v) is 3.00. The van der Waals surface area contributed by atoms with Crippen molar-refractivity contribution in [3.05, 3.63) is 53.6 Å². The van der Waals surface area contributed by atoms with Gasteiger partial charge in [0.25, 0.3) is 0 Å². The number of anilines is 2. The van der Waals surface area contributed by atoms with Crippen molar-refractivity contribution in [1.29, 1.82) is 0 Å². The molecule has 2 aromatic rings. The SMILES string of the molecule is COc1ccc(C)cc1N1CC(C(=O)Nc2cc(F)cc(F)c2)CC1=O. The van der Waals surface area contributed by atoms with Gasteiger partial charge in [-0.05, 0) is 36.8 Å². The van der Waals surface area contributed by atoms with E-state index in [1.165, 1.54) is 12.0 Å². The molecule has 0 bridgehead atoms. The molecule has 3 rings (SSSR count). The highest BCUT2D eigenvalue weighted by atomic mass is 19.1. The number of carbonyl (C=O) groups is 2. The van der Waals surface area contributed by atoms with Gasteiger partial charge in [-0.3, -0.25) is 9.59 Å². The van der Waals surface area contributed by atoms with E-state index in [2.05, 4.69) is 5.32 Å². The normalized spacial score (nSPS) is 16.7. The summed E-state index contributed by atoms with van der Waals surface area (Å²) >= 11 is 0. The maximum absolute atomic E-state index is 13.3. The molecule has 2 aromatic carbocycles. The highest BCUT2D eigenvalue weighted by Crippen LogP contribution is 2.34. The number of carbonyl (C=O) groups excluding carboxylic acids is 2. The molecule has 7 heteroatoms. The number of nitrogens with one attached hydrogen (secondary N) is 1. The molecule has 1 atom stereocenters. The Balaban J connectivity index is 1.77. The second kappa shape index (κ2) is 7.11. The van der Waals surface area contributed by atoms with Gasteiger partial charge in [0.1, 0.15) is 17.4 Å². The van der Waals surface area contributed by atoms with Crippen molar-refractivity contribution in [2.24, 2.45) is 5.92 Å². The van der Waals surface area contributed by atoms with Crippen molar-refractivity contribution < 1.29 is 23.1 Å². The van der Waals surface area contributed by atoms with Crippen molar-refractivity contribution in [2.75, 3.05) is 23.9 Å². The minimum Gasteiger partial charge on any atom is -0.495 e. The summed E-state index contributed by atoms with van der Waals surface area (Å²) in [5.74, 6) is -2.32. The Kier molecular flexibility index (Phi) is 4.88. The Hall–Kier alpha value is -2.96. The number of hydrogen-bond donors (Lipinski definition) is 1. The van der Waals surface area contributed by atoms with E-state index in [4.69, 9.17) is 4.74 Å². The third-order valence-electron chi connectivity index (χ3n) is 4.25. The number of aryl methyl sites for hydroxylation is 1. The van der Waals surface area contributed by atoms with Gasteiger partial charge in [-0.25, -0.2) is 8.78 Å². The van der Waals surface area contributed by atoms with Crippen LogP contribution in [0.1, 0.15) is 12.0 Å². The first-order chi connectivity index (χ1) is 12.4. The predicted octanol–water partition coefficient (Wildman–Crippen LogP) is 3.27. The summed E-state index contributed by atoms with van der Waals surface area (Å²) in [5.41, 5.74) is 1.58. The van der Waals surface area contributed by atoms with Crippen LogP contribution >= 0.6 is 0 Å². The molecule has 5 nitrogen and oxygen atoms in total. The van der Waals surface area contributed by atoms with Crippen LogP contribution < -0.4 is 15.0 Å². The molecule has 0 saturated carbocycles. The molecule has 1 saturated heterocycles. The molecule has 1 heterocycles. The van der Waals surface area contributed by atoms with Gasteiger partial charge in [-0.1, -0.05) is 6.07 Å². The summed E-state index contributed by atoms with van der Waals surface area (Å²) in [5, 5.41) is 2.47. The third kappa shape index (κ3) is 3.66. The first kappa shape index (κ1) is 17.8. The molecule has 136 valence electrons. The van der Waals surface area contributed by atoms with E-state index in [1.54, 1.807) is 6.07 Å². The third-order valence-corrected chi connectivity index (χ3v) is 4.25. The lowest BCUT2D eigenvalue weighted by molar-refractivity contribution is -0.122. The second-order valence-electron chi connectivity index (χ2n) is 6.23. The summed E-state index contributed by atoms with van der Waals surface area (Å²) in [4.78, 5) is 26.3. The lowest BCUT2D eigenvalue weighted by Gasteiger charge is -2.20. The van der Waals surface area contributed by atoms with Crippen molar-refractivity contribution in [2.45, 2.75) is 13.3 Å². The van der Waals surface area contributed by atoms with E-state index < -0.39 is 23.5 Å². The van der Waals surface area contributed by atoms with Crippen molar-refractivity contribution in [1.82, 2.24) is 0 Å². The molecular formula is C19H18F2N2O3. The Bertz CT molecular complexity index is 850. The monoisotopic (exact) mass is 360 g/mol. The molecule has 1 unspecified atom stereocenters. The standard InChI is InChI=1S/C19H18F2N2O3/c1-11-3-4-17(26-2)16(5-11)23-10-12(6-18(23)24)19(25)22-15-8-13(20)7-14(21)9-15/h3-5,7-9,12H,6,10H2,1-2H3,(H,22,25). The van der Waals surface area contributed by atoms with Crippen molar-refractivity contribution in [3.63, 3.8) is 0 Å². The number of benzene rings is 2. The lowest BCUT2D eigenvalue weighted by Crippen LogP contribution is -2.28. The average Bonchev–Trinajstić information content (AvgIpc) is 2.95. The Morgan fingerprint density at radius 1 is 1.19 bits per heavy atom. The smallest absolute Gasteiger partial charge is 0.229 e. The van der Waals surface area contributed by atoms with Crippen LogP contribution in [0.25, 0.3) is 0 Å². The molecule has 26 heavy (non-hydrogen) atoms. The van der Waals surface area contributed by atoms with Crippen LogP contribution in [-0.4, -0.2) is 25.5 Å². The fraction of sp³-hybridized carbons (Fsp3) is 0.263. The van der Waals surface area contributed by atoms with Gasteiger partial charge < -0.3 is 15.0 Å². The summed E-state index contributed by atoms with van der Waals surface area (Å²) in [6.07, 6.45) is 0.0146. The number of nitrogens with zero attached hydrogens (tertiary/aromatic N) is 1. The number of amides is 2. The van der Waals surface area contributed by atoms with E-state index in [-0.39, 0.29) is 24.6 Å². The highest BCUT2D eigenvalue weighted by Gasteiger charge is 2.36. The van der Waals surface area contributed by atoms with E-state index in [9.17, 15) is 18.4 Å². The number of ether oxygens (including phenoxy) is 1. The summed E-state index contributed by atoms with van der Waals surface area (Å²) in [7, 11) is 1.51. The fourth-order valence-electron chi connectivity index (χ4n) is 3.00. The predicted molar refractivity (Wildman–Crippen MR) is 93.2 cm³/mol. The molecule has 1 fully saturated rings. The average molecular weight is 360 g/mol. The lowest BCUT2D eigenvalue weighted by atomic mass is 10.1. The zero-order valence-electron chi connectivity index (χ0n) is 14.4. The molecule has 0 aliphatic carbocycles. The number of methoxy groups -OCH3 is 1. The van der Waals surface area contributed by atoms with Crippen LogP contribution in [0.3, 0.4) is 0 Å². The van der Waals surface area contributed by atoms with Gasteiger partial charge in [0, 0.05) is 24.7 Å². The zero-order chi connectivity index (χ0) is 18.8. The largest absolute Gasteiger partial charge is 0.495 e. The van der Waals surface area contributed by atoms with Crippen LogP contribution in [0, 0.1) is 24.5 Å². The van der Waals surface area contributed by atoms with Crippen LogP contribution in [0.15, 0.2) is 36.4 Å². The summed E-state index contributed by atoms with van der Waals surface area (Å²) in [6.45, 7) is 2.06. The zero-order valence-corrected chi connectivity index (χ0v) is 14.4. The number of rotatable bonds is 4. The van der Waals surface area contributed by atoms with E-state index in [1.807, 2.05) is 19.1 Å². The van der Waals surface area contributed by atoms with Crippen LogP contribution in [0.5, 0.6) is 5.75 Å². The van der Waals surface area contributed by atoms with Gasteiger partial charge in [-0.2, -0.15) is 0 Å². The van der Waals surface area contributed by atoms with Gasteiger partial charge in [-0.15, -0.1) is 0 Å². The first-order valence-electron chi connectivity index (χ1n) is 8.09. The summed E-state index contributed by atoms with van der Waals surface area (Å²) in [6, 6.07) is 8.23.